The summed E-state index contributed by atoms with van der Waals surface area (Å²) in [6, 6.07) is 8.10. The van der Waals surface area contributed by atoms with Crippen molar-refractivity contribution in [2.75, 3.05) is 23.9 Å². The molecule has 0 radical (unpaired) electrons. The van der Waals surface area contributed by atoms with Gasteiger partial charge in [0, 0.05) is 37.1 Å². The van der Waals surface area contributed by atoms with Crippen molar-refractivity contribution in [1.29, 1.82) is 0 Å². The highest BCUT2D eigenvalue weighted by Crippen LogP contribution is 2.34. The normalized spacial score (nSPS) is 15.5. The Bertz CT molecular complexity index is 500. The minimum Gasteiger partial charge on any atom is -0.396 e. The monoisotopic (exact) mass is 305 g/mol. The SMILES string of the molecule is CC(C)N(C)c1cccc(NC(=O)N[C@@H](CCO)C2CC2)c1. The predicted octanol–water partition coefficient (Wildman–Crippen LogP) is 2.81. The lowest BCUT2D eigenvalue weighted by atomic mass is 10.1. The number of hydrogen-bond donors (Lipinski definition) is 3. The molecule has 1 aliphatic carbocycles. The zero-order valence-electron chi connectivity index (χ0n) is 13.7. The van der Waals surface area contributed by atoms with E-state index in [9.17, 15) is 4.79 Å². The van der Waals surface area contributed by atoms with Crippen molar-refractivity contribution in [3.63, 3.8) is 0 Å². The van der Waals surface area contributed by atoms with Crippen LogP contribution in [-0.4, -0.2) is 36.9 Å². The molecule has 0 spiro atoms. The van der Waals surface area contributed by atoms with Gasteiger partial charge >= 0.3 is 6.03 Å². The summed E-state index contributed by atoms with van der Waals surface area (Å²) in [6.45, 7) is 4.36. The van der Waals surface area contributed by atoms with Crippen LogP contribution in [0.5, 0.6) is 0 Å². The van der Waals surface area contributed by atoms with Crippen molar-refractivity contribution in [2.24, 2.45) is 5.92 Å². The molecule has 0 bridgehead atoms. The van der Waals surface area contributed by atoms with Gasteiger partial charge in [-0.1, -0.05) is 6.07 Å². The van der Waals surface area contributed by atoms with Gasteiger partial charge in [0.05, 0.1) is 0 Å². The van der Waals surface area contributed by atoms with E-state index in [1.165, 1.54) is 0 Å². The van der Waals surface area contributed by atoms with Crippen LogP contribution in [0.3, 0.4) is 0 Å². The average molecular weight is 305 g/mol. The maximum absolute atomic E-state index is 12.1. The second kappa shape index (κ2) is 7.49. The van der Waals surface area contributed by atoms with Crippen molar-refractivity contribution in [1.82, 2.24) is 5.32 Å². The van der Waals surface area contributed by atoms with Gasteiger partial charge in [-0.3, -0.25) is 0 Å². The van der Waals surface area contributed by atoms with E-state index in [0.29, 0.717) is 18.4 Å². The van der Waals surface area contributed by atoms with Gasteiger partial charge in [-0.05, 0) is 57.2 Å². The molecule has 0 heterocycles. The second-order valence-electron chi connectivity index (χ2n) is 6.31. The van der Waals surface area contributed by atoms with E-state index in [2.05, 4.69) is 29.4 Å². The van der Waals surface area contributed by atoms with Crippen molar-refractivity contribution >= 4 is 17.4 Å². The number of aliphatic hydroxyl groups is 1. The molecule has 0 saturated heterocycles. The fourth-order valence-corrected chi connectivity index (χ4v) is 2.50. The van der Waals surface area contributed by atoms with E-state index in [1.807, 2.05) is 31.3 Å². The van der Waals surface area contributed by atoms with E-state index in [1.54, 1.807) is 0 Å². The molecule has 5 nitrogen and oxygen atoms in total. The van der Waals surface area contributed by atoms with E-state index >= 15 is 0 Å². The lowest BCUT2D eigenvalue weighted by molar-refractivity contribution is 0.234. The zero-order valence-corrected chi connectivity index (χ0v) is 13.7. The van der Waals surface area contributed by atoms with Gasteiger partial charge in [0.25, 0.3) is 0 Å². The summed E-state index contributed by atoms with van der Waals surface area (Å²) in [6.07, 6.45) is 2.90. The summed E-state index contributed by atoms with van der Waals surface area (Å²) < 4.78 is 0. The van der Waals surface area contributed by atoms with Gasteiger partial charge in [0.2, 0.25) is 0 Å². The van der Waals surface area contributed by atoms with Crippen LogP contribution < -0.4 is 15.5 Å². The van der Waals surface area contributed by atoms with Crippen molar-refractivity contribution in [2.45, 2.75) is 45.2 Å². The third-order valence-electron chi connectivity index (χ3n) is 4.23. The highest BCUT2D eigenvalue weighted by atomic mass is 16.3. The van der Waals surface area contributed by atoms with Crippen molar-refractivity contribution < 1.29 is 9.90 Å². The van der Waals surface area contributed by atoms with Gasteiger partial charge in [-0.15, -0.1) is 0 Å². The molecule has 1 aliphatic rings. The lowest BCUT2D eigenvalue weighted by Gasteiger charge is -2.24. The van der Waals surface area contributed by atoms with E-state index in [4.69, 9.17) is 5.11 Å². The summed E-state index contributed by atoms with van der Waals surface area (Å²) in [5, 5.41) is 15.0. The number of carbonyl (C=O) groups is 1. The smallest absolute Gasteiger partial charge is 0.319 e. The molecule has 0 aliphatic heterocycles. The number of rotatable bonds is 7. The Labute approximate surface area is 132 Å². The van der Waals surface area contributed by atoms with Crippen LogP contribution in [-0.2, 0) is 0 Å². The van der Waals surface area contributed by atoms with E-state index in [-0.39, 0.29) is 18.7 Å². The molecule has 1 atom stereocenters. The molecule has 2 rings (SSSR count). The van der Waals surface area contributed by atoms with Gasteiger partial charge in [-0.25, -0.2) is 4.79 Å². The van der Waals surface area contributed by atoms with Crippen LogP contribution >= 0.6 is 0 Å². The Morgan fingerprint density at radius 2 is 2.14 bits per heavy atom. The van der Waals surface area contributed by atoms with Gasteiger partial charge in [-0.2, -0.15) is 0 Å². The molecule has 2 amide bonds. The summed E-state index contributed by atoms with van der Waals surface area (Å²) in [7, 11) is 2.04. The first-order chi connectivity index (χ1) is 10.5. The molecule has 5 heteroatoms. The highest BCUT2D eigenvalue weighted by Gasteiger charge is 2.31. The zero-order chi connectivity index (χ0) is 16.1. The van der Waals surface area contributed by atoms with Crippen LogP contribution in [0.15, 0.2) is 24.3 Å². The molecular weight excluding hydrogens is 278 g/mol. The van der Waals surface area contributed by atoms with Crippen LogP contribution in [0.25, 0.3) is 0 Å². The van der Waals surface area contributed by atoms with Crippen LogP contribution in [0.4, 0.5) is 16.2 Å². The van der Waals surface area contributed by atoms with Crippen LogP contribution in [0, 0.1) is 5.92 Å². The summed E-state index contributed by atoms with van der Waals surface area (Å²) >= 11 is 0. The summed E-state index contributed by atoms with van der Waals surface area (Å²) in [5.41, 5.74) is 1.85. The second-order valence-corrected chi connectivity index (χ2v) is 6.31. The molecule has 1 aromatic carbocycles. The summed E-state index contributed by atoms with van der Waals surface area (Å²) in [4.78, 5) is 14.3. The Kier molecular flexibility index (Phi) is 5.66. The number of carbonyl (C=O) groups excluding carboxylic acids is 1. The number of aliphatic hydroxyl groups excluding tert-OH is 1. The number of nitrogens with one attached hydrogen (secondary N) is 2. The number of urea groups is 1. The third-order valence-corrected chi connectivity index (χ3v) is 4.23. The van der Waals surface area contributed by atoms with Crippen LogP contribution in [0.2, 0.25) is 0 Å². The first-order valence-corrected chi connectivity index (χ1v) is 8.02. The number of amides is 2. The van der Waals surface area contributed by atoms with E-state index < -0.39 is 0 Å². The number of benzene rings is 1. The fourth-order valence-electron chi connectivity index (χ4n) is 2.50. The van der Waals surface area contributed by atoms with E-state index in [0.717, 1.165) is 24.2 Å². The molecule has 0 aromatic heterocycles. The van der Waals surface area contributed by atoms with Gasteiger partial charge in [0.15, 0.2) is 0 Å². The number of anilines is 2. The lowest BCUT2D eigenvalue weighted by Crippen LogP contribution is -2.39. The van der Waals surface area contributed by atoms with Crippen molar-refractivity contribution in [3.8, 4) is 0 Å². The molecule has 22 heavy (non-hydrogen) atoms. The molecular formula is C17H27N3O2. The third kappa shape index (κ3) is 4.63. The Balaban J connectivity index is 1.94. The molecule has 1 saturated carbocycles. The molecule has 0 unspecified atom stereocenters. The Hall–Kier alpha value is -1.75. The van der Waals surface area contributed by atoms with Gasteiger partial charge < -0.3 is 20.6 Å². The highest BCUT2D eigenvalue weighted by molar-refractivity contribution is 5.90. The number of nitrogens with zero attached hydrogens (tertiary/aromatic N) is 1. The average Bonchev–Trinajstić information content (AvgIpc) is 3.30. The number of hydrogen-bond acceptors (Lipinski definition) is 3. The molecule has 1 aromatic rings. The first kappa shape index (κ1) is 16.6. The molecule has 3 N–H and O–H groups in total. The molecule has 122 valence electrons. The standard InChI is InChI=1S/C17H27N3O2/c1-12(2)20(3)15-6-4-5-14(11-15)18-17(22)19-16(9-10-21)13-7-8-13/h4-6,11-13,16,21H,7-10H2,1-3H3,(H2,18,19,22)/t16-/m0/s1. The Morgan fingerprint density at radius 1 is 1.41 bits per heavy atom. The minimum absolute atomic E-state index is 0.0755. The quantitative estimate of drug-likeness (QED) is 0.726. The Morgan fingerprint density at radius 3 is 2.73 bits per heavy atom. The first-order valence-electron chi connectivity index (χ1n) is 8.02. The summed E-state index contributed by atoms with van der Waals surface area (Å²) in [5.74, 6) is 0.524. The fraction of sp³-hybridized carbons (Fsp3) is 0.588. The minimum atomic E-state index is -0.199. The van der Waals surface area contributed by atoms with Gasteiger partial charge in [0.1, 0.15) is 0 Å². The largest absolute Gasteiger partial charge is 0.396 e. The maximum Gasteiger partial charge on any atom is 0.319 e. The van der Waals surface area contributed by atoms with Crippen molar-refractivity contribution in [3.05, 3.63) is 24.3 Å². The topological polar surface area (TPSA) is 64.6 Å². The predicted molar refractivity (Wildman–Crippen MR) is 90.4 cm³/mol. The van der Waals surface area contributed by atoms with Crippen LogP contribution in [0.1, 0.15) is 33.1 Å². The molecule has 1 fully saturated rings. The maximum atomic E-state index is 12.1.